The minimum atomic E-state index is 0.281. The molecule has 0 bridgehead atoms. The number of aromatic nitrogens is 2. The van der Waals surface area contributed by atoms with Gasteiger partial charge >= 0.3 is 0 Å². The molecule has 1 aliphatic heterocycles. The summed E-state index contributed by atoms with van der Waals surface area (Å²) in [5.74, 6) is 3.06. The number of likely N-dealkylation sites (tertiary alicyclic amines) is 1. The molecule has 168 valence electrons. The molecule has 4 nitrogen and oxygen atoms in total. The SMILES string of the molecule is CC(C)(C)[C@H]1CCc2c(sc3nc(C4CC4)nc(SCC(=O)N4CCCCCC4)c23)C1. The fourth-order valence-corrected chi connectivity index (χ4v) is 7.41. The summed E-state index contributed by atoms with van der Waals surface area (Å²) in [6.07, 6.45) is 10.7. The summed E-state index contributed by atoms with van der Waals surface area (Å²) >= 11 is 3.56. The smallest absolute Gasteiger partial charge is 0.232 e. The molecule has 1 amide bonds. The highest BCUT2D eigenvalue weighted by Gasteiger charge is 2.33. The van der Waals surface area contributed by atoms with Crippen LogP contribution in [-0.2, 0) is 17.6 Å². The average molecular weight is 458 g/mol. The maximum atomic E-state index is 12.9. The number of fused-ring (bicyclic) bond motifs is 3. The second-order valence-electron chi connectivity index (χ2n) is 10.7. The van der Waals surface area contributed by atoms with Crippen LogP contribution >= 0.6 is 23.1 Å². The van der Waals surface area contributed by atoms with Gasteiger partial charge in [-0.25, -0.2) is 9.97 Å². The third-order valence-electron chi connectivity index (χ3n) is 7.35. The van der Waals surface area contributed by atoms with Crippen LogP contribution in [0, 0.1) is 11.3 Å². The van der Waals surface area contributed by atoms with Gasteiger partial charge < -0.3 is 4.90 Å². The van der Waals surface area contributed by atoms with Crippen molar-refractivity contribution in [3.05, 3.63) is 16.3 Å². The van der Waals surface area contributed by atoms with Crippen molar-refractivity contribution in [2.75, 3.05) is 18.8 Å². The Balaban J connectivity index is 1.42. The number of amides is 1. The van der Waals surface area contributed by atoms with E-state index in [-0.39, 0.29) is 5.91 Å². The van der Waals surface area contributed by atoms with Crippen LogP contribution in [0.15, 0.2) is 5.03 Å². The molecule has 5 rings (SSSR count). The topological polar surface area (TPSA) is 46.1 Å². The molecule has 1 saturated carbocycles. The van der Waals surface area contributed by atoms with Crippen LogP contribution in [-0.4, -0.2) is 39.6 Å². The highest BCUT2D eigenvalue weighted by Crippen LogP contribution is 2.46. The Bertz CT molecular complexity index is 965. The molecule has 6 heteroatoms. The van der Waals surface area contributed by atoms with Gasteiger partial charge in [-0.1, -0.05) is 45.4 Å². The van der Waals surface area contributed by atoms with Gasteiger partial charge in [0.2, 0.25) is 5.91 Å². The molecule has 0 aromatic carbocycles. The molecule has 31 heavy (non-hydrogen) atoms. The van der Waals surface area contributed by atoms with E-state index >= 15 is 0 Å². The molecular weight excluding hydrogens is 422 g/mol. The first-order chi connectivity index (χ1) is 14.9. The molecule has 1 saturated heterocycles. The van der Waals surface area contributed by atoms with Gasteiger partial charge in [0.1, 0.15) is 15.7 Å². The quantitative estimate of drug-likeness (QED) is 0.404. The predicted molar refractivity (Wildman–Crippen MR) is 130 cm³/mol. The fourth-order valence-electron chi connectivity index (χ4n) is 5.07. The Morgan fingerprint density at radius 1 is 1.10 bits per heavy atom. The number of thioether (sulfide) groups is 1. The molecular formula is C25H35N3OS2. The lowest BCUT2D eigenvalue weighted by molar-refractivity contribution is -0.128. The van der Waals surface area contributed by atoms with Crippen LogP contribution in [0.4, 0.5) is 0 Å². The number of thiophene rings is 1. The number of carbonyl (C=O) groups is 1. The maximum absolute atomic E-state index is 12.9. The van der Waals surface area contributed by atoms with Crippen molar-refractivity contribution in [1.29, 1.82) is 0 Å². The molecule has 0 unspecified atom stereocenters. The van der Waals surface area contributed by atoms with Gasteiger partial charge in [-0.2, -0.15) is 0 Å². The van der Waals surface area contributed by atoms with E-state index in [9.17, 15) is 4.79 Å². The van der Waals surface area contributed by atoms with Crippen LogP contribution in [0.25, 0.3) is 10.2 Å². The van der Waals surface area contributed by atoms with E-state index in [2.05, 4.69) is 25.7 Å². The lowest BCUT2D eigenvalue weighted by Gasteiger charge is -2.33. The highest BCUT2D eigenvalue weighted by atomic mass is 32.2. The van der Waals surface area contributed by atoms with Crippen molar-refractivity contribution in [3.63, 3.8) is 0 Å². The molecule has 2 aliphatic carbocycles. The van der Waals surface area contributed by atoms with Crippen LogP contribution < -0.4 is 0 Å². The van der Waals surface area contributed by atoms with Gasteiger partial charge in [0.15, 0.2) is 0 Å². The summed E-state index contributed by atoms with van der Waals surface area (Å²) in [6.45, 7) is 8.96. The van der Waals surface area contributed by atoms with Crippen molar-refractivity contribution in [3.8, 4) is 0 Å². The first-order valence-corrected chi connectivity index (χ1v) is 13.9. The molecule has 0 N–H and O–H groups in total. The van der Waals surface area contributed by atoms with E-state index in [0.717, 1.165) is 55.5 Å². The number of nitrogens with zero attached hydrogens (tertiary/aromatic N) is 3. The molecule has 2 aromatic heterocycles. The lowest BCUT2D eigenvalue weighted by atomic mass is 9.72. The van der Waals surface area contributed by atoms with Gasteiger partial charge in [0, 0.05) is 29.3 Å². The summed E-state index contributed by atoms with van der Waals surface area (Å²) < 4.78 is 0. The van der Waals surface area contributed by atoms with Crippen molar-refractivity contribution in [2.45, 2.75) is 89.5 Å². The molecule has 1 atom stereocenters. The Kier molecular flexibility index (Phi) is 6.06. The van der Waals surface area contributed by atoms with Crippen molar-refractivity contribution < 1.29 is 4.79 Å². The van der Waals surface area contributed by atoms with Crippen molar-refractivity contribution in [1.82, 2.24) is 14.9 Å². The van der Waals surface area contributed by atoms with Gasteiger partial charge in [-0.05, 0) is 61.8 Å². The van der Waals surface area contributed by atoms with Gasteiger partial charge in [-0.15, -0.1) is 11.3 Å². The summed E-state index contributed by atoms with van der Waals surface area (Å²) in [5, 5.41) is 2.34. The normalized spacial score (nSPS) is 22.4. The Morgan fingerprint density at radius 3 is 2.52 bits per heavy atom. The standard InChI is InChI=1S/C25H35N3OS2/c1-25(2,3)17-10-11-18-19(14-17)31-24-21(18)23(26-22(27-24)16-8-9-16)30-15-20(29)28-12-6-4-5-7-13-28/h16-17H,4-15H2,1-3H3/t17-/m0/s1. The zero-order valence-corrected chi connectivity index (χ0v) is 20.8. The van der Waals surface area contributed by atoms with Crippen molar-refractivity contribution in [2.24, 2.45) is 11.3 Å². The minimum Gasteiger partial charge on any atom is -0.342 e. The van der Waals surface area contributed by atoms with E-state index in [1.165, 1.54) is 52.8 Å². The summed E-state index contributed by atoms with van der Waals surface area (Å²) in [4.78, 5) is 27.8. The van der Waals surface area contributed by atoms with Crippen LogP contribution in [0.3, 0.4) is 0 Å². The van der Waals surface area contributed by atoms with E-state index in [1.54, 1.807) is 11.8 Å². The van der Waals surface area contributed by atoms with E-state index in [0.29, 0.717) is 17.1 Å². The summed E-state index contributed by atoms with van der Waals surface area (Å²) in [5.41, 5.74) is 1.82. The summed E-state index contributed by atoms with van der Waals surface area (Å²) in [6, 6.07) is 0. The minimum absolute atomic E-state index is 0.281. The zero-order chi connectivity index (χ0) is 21.6. The Hall–Kier alpha value is -1.14. The summed E-state index contributed by atoms with van der Waals surface area (Å²) in [7, 11) is 0. The van der Waals surface area contributed by atoms with Crippen LogP contribution in [0.5, 0.6) is 0 Å². The lowest BCUT2D eigenvalue weighted by Crippen LogP contribution is -2.33. The number of hydrogen-bond donors (Lipinski definition) is 0. The monoisotopic (exact) mass is 457 g/mol. The molecule has 0 radical (unpaired) electrons. The molecule has 2 aromatic rings. The maximum Gasteiger partial charge on any atom is 0.232 e. The van der Waals surface area contributed by atoms with E-state index in [1.807, 2.05) is 11.3 Å². The average Bonchev–Trinajstić information content (AvgIpc) is 3.55. The van der Waals surface area contributed by atoms with Crippen molar-refractivity contribution >= 4 is 39.2 Å². The largest absolute Gasteiger partial charge is 0.342 e. The molecule has 0 spiro atoms. The van der Waals surface area contributed by atoms with E-state index in [4.69, 9.17) is 9.97 Å². The molecule has 2 fully saturated rings. The number of aryl methyl sites for hydroxylation is 1. The fraction of sp³-hybridized carbons (Fsp3) is 0.720. The predicted octanol–water partition coefficient (Wildman–Crippen LogP) is 6.21. The third kappa shape index (κ3) is 4.66. The molecule has 3 aliphatic rings. The second kappa shape index (κ2) is 8.66. The van der Waals surface area contributed by atoms with Gasteiger partial charge in [0.05, 0.1) is 5.75 Å². The molecule has 3 heterocycles. The second-order valence-corrected chi connectivity index (χ2v) is 12.8. The zero-order valence-electron chi connectivity index (χ0n) is 19.2. The van der Waals surface area contributed by atoms with Gasteiger partial charge in [-0.3, -0.25) is 4.79 Å². The Morgan fingerprint density at radius 2 is 1.84 bits per heavy atom. The number of hydrogen-bond acceptors (Lipinski definition) is 5. The first kappa shape index (κ1) is 21.7. The number of rotatable bonds is 4. The Labute approximate surface area is 194 Å². The van der Waals surface area contributed by atoms with Gasteiger partial charge in [0.25, 0.3) is 0 Å². The number of carbonyl (C=O) groups excluding carboxylic acids is 1. The first-order valence-electron chi connectivity index (χ1n) is 12.1. The van der Waals surface area contributed by atoms with Crippen LogP contribution in [0.1, 0.15) is 87.9 Å². The van der Waals surface area contributed by atoms with E-state index < -0.39 is 0 Å². The highest BCUT2D eigenvalue weighted by molar-refractivity contribution is 8.00. The van der Waals surface area contributed by atoms with Crippen LogP contribution in [0.2, 0.25) is 0 Å². The third-order valence-corrected chi connectivity index (χ3v) is 9.46.